The summed E-state index contributed by atoms with van der Waals surface area (Å²) in [6, 6.07) is 0.255. The van der Waals surface area contributed by atoms with E-state index in [0.717, 1.165) is 38.8 Å². The summed E-state index contributed by atoms with van der Waals surface area (Å²) in [5.41, 5.74) is 5.28. The zero-order valence-electron chi connectivity index (χ0n) is 7.42. The molecule has 12 heavy (non-hydrogen) atoms. The van der Waals surface area contributed by atoms with Crippen LogP contribution in [0.25, 0.3) is 0 Å². The van der Waals surface area contributed by atoms with Crippen molar-refractivity contribution in [2.24, 2.45) is 11.7 Å². The van der Waals surface area contributed by atoms with Crippen molar-refractivity contribution in [2.45, 2.75) is 37.3 Å². The molecule has 1 heterocycles. The van der Waals surface area contributed by atoms with Gasteiger partial charge in [0, 0.05) is 6.04 Å². The molecule has 1 saturated carbocycles. The molecule has 0 bridgehead atoms. The Hall–Kier alpha value is -0.120. The molecule has 2 aliphatic rings. The average molecular weight is 170 g/mol. The van der Waals surface area contributed by atoms with Crippen molar-refractivity contribution in [1.29, 1.82) is 0 Å². The van der Waals surface area contributed by atoms with E-state index in [2.05, 4.69) is 5.32 Å². The first-order valence-corrected chi connectivity index (χ1v) is 4.89. The Morgan fingerprint density at radius 1 is 1.25 bits per heavy atom. The van der Waals surface area contributed by atoms with Gasteiger partial charge < -0.3 is 16.2 Å². The smallest absolute Gasteiger partial charge is 0.0706 e. The van der Waals surface area contributed by atoms with Crippen LogP contribution >= 0.6 is 0 Å². The molecule has 1 saturated heterocycles. The fourth-order valence-electron chi connectivity index (χ4n) is 2.54. The molecule has 0 radical (unpaired) electrons. The highest BCUT2D eigenvalue weighted by Crippen LogP contribution is 2.41. The normalized spacial score (nSPS) is 44.0. The number of nitrogens with one attached hydrogen (secondary N) is 1. The van der Waals surface area contributed by atoms with Gasteiger partial charge in [0.1, 0.15) is 0 Å². The van der Waals surface area contributed by atoms with Crippen molar-refractivity contribution in [2.75, 3.05) is 13.1 Å². The van der Waals surface area contributed by atoms with Gasteiger partial charge in [0.05, 0.1) is 5.60 Å². The first-order chi connectivity index (χ1) is 5.71. The maximum absolute atomic E-state index is 10.1. The van der Waals surface area contributed by atoms with Gasteiger partial charge >= 0.3 is 0 Å². The van der Waals surface area contributed by atoms with Gasteiger partial charge in [-0.2, -0.15) is 0 Å². The van der Waals surface area contributed by atoms with Crippen LogP contribution in [-0.4, -0.2) is 29.8 Å². The predicted octanol–water partition coefficient (Wildman–Crippen LogP) is -0.162. The number of nitrogens with two attached hydrogens (primary N) is 1. The summed E-state index contributed by atoms with van der Waals surface area (Å²) in [6.07, 6.45) is 3.86. The SMILES string of the molecule is NC1CC(O)(C2CCNCC2)C1. The number of hydrogen-bond acceptors (Lipinski definition) is 3. The maximum Gasteiger partial charge on any atom is 0.0706 e. The van der Waals surface area contributed by atoms with E-state index in [4.69, 9.17) is 5.73 Å². The van der Waals surface area contributed by atoms with Crippen LogP contribution in [0.1, 0.15) is 25.7 Å². The standard InChI is InChI=1S/C9H18N2O/c10-8-5-9(12,6-8)7-1-3-11-4-2-7/h7-8,11-12H,1-6,10H2. The molecule has 4 N–H and O–H groups in total. The minimum Gasteiger partial charge on any atom is -0.389 e. The summed E-state index contributed by atoms with van der Waals surface area (Å²) in [6.45, 7) is 2.12. The summed E-state index contributed by atoms with van der Waals surface area (Å²) in [4.78, 5) is 0. The average Bonchev–Trinajstić information content (AvgIpc) is 2.04. The Labute approximate surface area is 73.3 Å². The largest absolute Gasteiger partial charge is 0.389 e. The molecule has 0 spiro atoms. The lowest BCUT2D eigenvalue weighted by molar-refractivity contribution is -0.102. The van der Waals surface area contributed by atoms with E-state index in [0.29, 0.717) is 5.92 Å². The molecule has 70 valence electrons. The Morgan fingerprint density at radius 3 is 2.33 bits per heavy atom. The summed E-state index contributed by atoms with van der Waals surface area (Å²) in [7, 11) is 0. The van der Waals surface area contributed by atoms with Gasteiger partial charge in [-0.05, 0) is 44.7 Å². The Morgan fingerprint density at radius 2 is 1.83 bits per heavy atom. The summed E-state index contributed by atoms with van der Waals surface area (Å²) >= 11 is 0. The molecule has 0 aromatic carbocycles. The zero-order chi connectivity index (χ0) is 8.60. The summed E-state index contributed by atoms with van der Waals surface area (Å²) in [5, 5.41) is 13.4. The van der Waals surface area contributed by atoms with Gasteiger partial charge in [0.15, 0.2) is 0 Å². The van der Waals surface area contributed by atoms with Crippen molar-refractivity contribution in [3.8, 4) is 0 Å². The zero-order valence-corrected chi connectivity index (χ0v) is 7.42. The van der Waals surface area contributed by atoms with Crippen LogP contribution in [0, 0.1) is 5.92 Å². The second kappa shape index (κ2) is 2.98. The molecule has 3 heteroatoms. The molecule has 1 aliphatic carbocycles. The quantitative estimate of drug-likeness (QED) is 0.512. The van der Waals surface area contributed by atoms with E-state index >= 15 is 0 Å². The molecule has 0 aromatic heterocycles. The second-order valence-corrected chi connectivity index (χ2v) is 4.30. The van der Waals surface area contributed by atoms with Gasteiger partial charge in [0.2, 0.25) is 0 Å². The van der Waals surface area contributed by atoms with E-state index in [9.17, 15) is 5.11 Å². The minimum absolute atomic E-state index is 0.255. The predicted molar refractivity (Wildman–Crippen MR) is 47.8 cm³/mol. The number of rotatable bonds is 1. The highest BCUT2D eigenvalue weighted by atomic mass is 16.3. The Balaban J connectivity index is 1.90. The van der Waals surface area contributed by atoms with Crippen LogP contribution in [0.15, 0.2) is 0 Å². The second-order valence-electron chi connectivity index (χ2n) is 4.30. The third-order valence-electron chi connectivity index (χ3n) is 3.33. The first kappa shape index (κ1) is 8.48. The fourth-order valence-corrected chi connectivity index (χ4v) is 2.54. The summed E-state index contributed by atoms with van der Waals surface area (Å²) < 4.78 is 0. The third-order valence-corrected chi connectivity index (χ3v) is 3.33. The minimum atomic E-state index is -0.401. The Kier molecular flexibility index (Phi) is 2.10. The van der Waals surface area contributed by atoms with Crippen LogP contribution in [0.3, 0.4) is 0 Å². The molecule has 1 aliphatic heterocycles. The van der Waals surface area contributed by atoms with Gasteiger partial charge in [-0.3, -0.25) is 0 Å². The molecule has 3 nitrogen and oxygen atoms in total. The van der Waals surface area contributed by atoms with Crippen molar-refractivity contribution in [3.05, 3.63) is 0 Å². The molecule has 0 aromatic rings. The first-order valence-electron chi connectivity index (χ1n) is 4.89. The van der Waals surface area contributed by atoms with E-state index in [1.54, 1.807) is 0 Å². The van der Waals surface area contributed by atoms with Crippen LogP contribution < -0.4 is 11.1 Å². The number of piperidine rings is 1. The molecule has 0 amide bonds. The Bertz CT molecular complexity index is 160. The van der Waals surface area contributed by atoms with Gasteiger partial charge in [-0.25, -0.2) is 0 Å². The lowest BCUT2D eigenvalue weighted by Crippen LogP contribution is -2.57. The van der Waals surface area contributed by atoms with Crippen molar-refractivity contribution in [3.63, 3.8) is 0 Å². The molecule has 2 rings (SSSR count). The monoisotopic (exact) mass is 170 g/mol. The summed E-state index contributed by atoms with van der Waals surface area (Å²) in [5.74, 6) is 0.499. The van der Waals surface area contributed by atoms with Crippen LogP contribution in [0.2, 0.25) is 0 Å². The lowest BCUT2D eigenvalue weighted by atomic mass is 9.65. The third kappa shape index (κ3) is 1.37. The number of hydrogen-bond donors (Lipinski definition) is 3. The van der Waals surface area contributed by atoms with E-state index in [1.807, 2.05) is 0 Å². The van der Waals surface area contributed by atoms with Crippen LogP contribution in [0.5, 0.6) is 0 Å². The van der Waals surface area contributed by atoms with E-state index in [1.165, 1.54) is 0 Å². The van der Waals surface area contributed by atoms with Gasteiger partial charge in [0.25, 0.3) is 0 Å². The van der Waals surface area contributed by atoms with E-state index in [-0.39, 0.29) is 6.04 Å². The topological polar surface area (TPSA) is 58.3 Å². The molecule has 2 fully saturated rings. The van der Waals surface area contributed by atoms with Crippen molar-refractivity contribution < 1.29 is 5.11 Å². The van der Waals surface area contributed by atoms with Gasteiger partial charge in [-0.15, -0.1) is 0 Å². The van der Waals surface area contributed by atoms with E-state index < -0.39 is 5.60 Å². The van der Waals surface area contributed by atoms with Crippen molar-refractivity contribution >= 4 is 0 Å². The highest BCUT2D eigenvalue weighted by Gasteiger charge is 2.46. The fraction of sp³-hybridized carbons (Fsp3) is 1.00. The lowest BCUT2D eigenvalue weighted by Gasteiger charge is -2.48. The van der Waals surface area contributed by atoms with Crippen molar-refractivity contribution in [1.82, 2.24) is 5.32 Å². The van der Waals surface area contributed by atoms with Crippen LogP contribution in [-0.2, 0) is 0 Å². The molecule has 0 unspecified atom stereocenters. The molecular formula is C9H18N2O. The molecular weight excluding hydrogens is 152 g/mol. The highest BCUT2D eigenvalue weighted by molar-refractivity contribution is 5.01. The maximum atomic E-state index is 10.1. The number of aliphatic hydroxyl groups is 1. The molecule has 0 atom stereocenters. The van der Waals surface area contributed by atoms with Gasteiger partial charge in [-0.1, -0.05) is 0 Å². The van der Waals surface area contributed by atoms with Crippen LogP contribution in [0.4, 0.5) is 0 Å².